The van der Waals surface area contributed by atoms with Crippen LogP contribution < -0.4 is 15.9 Å². The van der Waals surface area contributed by atoms with E-state index < -0.39 is 7.26 Å². The van der Waals surface area contributed by atoms with Gasteiger partial charge in [-0.1, -0.05) is 54.6 Å². The number of rotatable bonds is 4. The van der Waals surface area contributed by atoms with Gasteiger partial charge in [-0.25, -0.2) is 0 Å². The van der Waals surface area contributed by atoms with Gasteiger partial charge >= 0.3 is 0 Å². The summed E-state index contributed by atoms with van der Waals surface area (Å²) >= 11 is 0. The zero-order valence-electron chi connectivity index (χ0n) is 17.3. The second-order valence-electron chi connectivity index (χ2n) is 8.29. The third-order valence-electron chi connectivity index (χ3n) is 6.50. The number of hydrogen-bond acceptors (Lipinski definition) is 3. The lowest BCUT2D eigenvalue weighted by Crippen LogP contribution is -2.44. The van der Waals surface area contributed by atoms with Crippen molar-refractivity contribution in [3.8, 4) is 0 Å². The summed E-state index contributed by atoms with van der Waals surface area (Å²) in [5, 5.41) is 14.3. The lowest BCUT2D eigenvalue weighted by Gasteiger charge is -2.38. The average molecular weight is 429 g/mol. The van der Waals surface area contributed by atoms with Crippen LogP contribution in [0.1, 0.15) is 19.3 Å². The van der Waals surface area contributed by atoms with Crippen molar-refractivity contribution in [3.05, 3.63) is 103 Å². The van der Waals surface area contributed by atoms with Crippen LogP contribution in [0.15, 0.2) is 103 Å². The van der Waals surface area contributed by atoms with Gasteiger partial charge in [0.25, 0.3) is 0 Å². The molecule has 1 aliphatic carbocycles. The Morgan fingerprint density at radius 2 is 1.23 bits per heavy atom. The molecule has 3 aromatic carbocycles. The standard InChI is InChI=1S/C27H26O3P/c28-20-16-17-24-25(18-20)30-19-26(27(24)29)31(21-10-4-1-5-11-21,22-12-6-2-7-13-22)23-14-8-3-9-15-23/h1-15,19-20,24-25,28H,16-18H2/q+1. The molecule has 156 valence electrons. The molecule has 2 aliphatic rings. The van der Waals surface area contributed by atoms with Crippen LogP contribution in [0.3, 0.4) is 0 Å². The monoisotopic (exact) mass is 429 g/mol. The highest BCUT2D eigenvalue weighted by atomic mass is 31.2. The molecule has 0 bridgehead atoms. The van der Waals surface area contributed by atoms with Gasteiger partial charge in [0.1, 0.15) is 28.3 Å². The molecule has 1 heterocycles. The van der Waals surface area contributed by atoms with Crippen LogP contribution in [0.2, 0.25) is 0 Å². The van der Waals surface area contributed by atoms with Crippen LogP contribution in [0, 0.1) is 5.92 Å². The van der Waals surface area contributed by atoms with E-state index in [1.54, 1.807) is 6.26 Å². The molecule has 1 saturated carbocycles. The third kappa shape index (κ3) is 3.43. The van der Waals surface area contributed by atoms with Crippen LogP contribution in [0.25, 0.3) is 0 Å². The molecular formula is C27H26O3P+. The lowest BCUT2D eigenvalue weighted by atomic mass is 9.81. The zero-order valence-corrected chi connectivity index (χ0v) is 18.2. The number of ketones is 1. The fourth-order valence-electron chi connectivity index (χ4n) is 5.02. The van der Waals surface area contributed by atoms with Crippen LogP contribution in [-0.4, -0.2) is 23.1 Å². The second-order valence-corrected chi connectivity index (χ2v) is 11.7. The molecule has 0 radical (unpaired) electrons. The highest BCUT2D eigenvalue weighted by Gasteiger charge is 2.56. The number of aliphatic hydroxyl groups is 1. The van der Waals surface area contributed by atoms with Gasteiger partial charge < -0.3 is 9.84 Å². The molecule has 31 heavy (non-hydrogen) atoms. The highest BCUT2D eigenvalue weighted by molar-refractivity contribution is 7.99. The number of carbonyl (C=O) groups excluding carboxylic acids is 1. The maximum atomic E-state index is 14.0. The molecule has 1 N–H and O–H groups in total. The Balaban J connectivity index is 1.78. The molecule has 0 aromatic heterocycles. The second kappa shape index (κ2) is 8.42. The average Bonchev–Trinajstić information content (AvgIpc) is 2.83. The van der Waals surface area contributed by atoms with Crippen molar-refractivity contribution in [1.82, 2.24) is 0 Å². The number of benzene rings is 3. The smallest absolute Gasteiger partial charge is 0.208 e. The van der Waals surface area contributed by atoms with E-state index in [0.717, 1.165) is 21.2 Å². The molecule has 3 atom stereocenters. The van der Waals surface area contributed by atoms with Gasteiger partial charge in [0, 0.05) is 6.42 Å². The van der Waals surface area contributed by atoms with E-state index in [-0.39, 0.29) is 23.9 Å². The Hall–Kier alpha value is -2.74. The number of aliphatic hydroxyl groups excluding tert-OH is 1. The van der Waals surface area contributed by atoms with Crippen LogP contribution in [0.5, 0.6) is 0 Å². The van der Waals surface area contributed by atoms with E-state index in [2.05, 4.69) is 36.4 Å². The molecule has 0 saturated heterocycles. The van der Waals surface area contributed by atoms with Crippen molar-refractivity contribution < 1.29 is 14.6 Å². The maximum absolute atomic E-state index is 14.0. The van der Waals surface area contributed by atoms with Gasteiger partial charge in [0.2, 0.25) is 5.78 Å². The predicted molar refractivity (Wildman–Crippen MR) is 126 cm³/mol. The third-order valence-corrected chi connectivity index (χ3v) is 10.8. The number of carbonyl (C=O) groups is 1. The van der Waals surface area contributed by atoms with Crippen LogP contribution >= 0.6 is 7.26 Å². The van der Waals surface area contributed by atoms with E-state index >= 15 is 0 Å². The maximum Gasteiger partial charge on any atom is 0.208 e. The summed E-state index contributed by atoms with van der Waals surface area (Å²) in [6.45, 7) is 0. The molecule has 4 heteroatoms. The Kier molecular flexibility index (Phi) is 5.48. The van der Waals surface area contributed by atoms with E-state index in [9.17, 15) is 9.90 Å². The van der Waals surface area contributed by atoms with Crippen molar-refractivity contribution in [2.75, 3.05) is 0 Å². The molecule has 3 unspecified atom stereocenters. The number of Topliss-reactive ketones (excluding diaryl/α,β-unsaturated/α-hetero) is 1. The van der Waals surface area contributed by atoms with Crippen LogP contribution in [0.4, 0.5) is 0 Å². The highest BCUT2D eigenvalue weighted by Crippen LogP contribution is 2.64. The minimum absolute atomic E-state index is 0.174. The first-order valence-corrected chi connectivity index (χ1v) is 12.6. The molecule has 0 spiro atoms. The first-order valence-electron chi connectivity index (χ1n) is 10.9. The molecule has 3 nitrogen and oxygen atoms in total. The quantitative estimate of drug-likeness (QED) is 0.639. The summed E-state index contributed by atoms with van der Waals surface area (Å²) in [6.07, 6.45) is 2.94. The van der Waals surface area contributed by atoms with Gasteiger partial charge in [-0.2, -0.15) is 0 Å². The SMILES string of the molecule is O=C1C([P+](c2ccccc2)(c2ccccc2)c2ccccc2)=COC2CC(O)CCC12. The van der Waals surface area contributed by atoms with Gasteiger partial charge in [0.15, 0.2) is 12.6 Å². The van der Waals surface area contributed by atoms with Crippen LogP contribution in [-0.2, 0) is 9.53 Å². The number of ether oxygens (including phenoxy) is 1. The Bertz CT molecular complexity index is 983. The summed E-state index contributed by atoms with van der Waals surface area (Å²) < 4.78 is 6.19. The number of fused-ring (bicyclic) bond motifs is 1. The van der Waals surface area contributed by atoms with Crippen molar-refractivity contribution in [2.45, 2.75) is 31.5 Å². The molecule has 5 rings (SSSR count). The zero-order chi connectivity index (χ0) is 21.3. The van der Waals surface area contributed by atoms with Gasteiger partial charge in [-0.05, 0) is 49.2 Å². The topological polar surface area (TPSA) is 46.5 Å². The predicted octanol–water partition coefficient (Wildman–Crippen LogP) is 3.95. The van der Waals surface area contributed by atoms with Gasteiger partial charge in [0.05, 0.1) is 12.0 Å². The minimum atomic E-state index is -2.44. The minimum Gasteiger partial charge on any atom is -0.493 e. The summed E-state index contributed by atoms with van der Waals surface area (Å²) in [5.74, 6) is -0.0213. The number of hydrogen-bond donors (Lipinski definition) is 1. The van der Waals surface area contributed by atoms with Crippen molar-refractivity contribution in [2.24, 2.45) is 5.92 Å². The Morgan fingerprint density at radius 3 is 1.71 bits per heavy atom. The molecule has 1 fully saturated rings. The van der Waals surface area contributed by atoms with Gasteiger partial charge in [-0.3, -0.25) is 4.79 Å². The number of allylic oxidation sites excluding steroid dienone is 1. The fourth-order valence-corrected chi connectivity index (χ4v) is 9.32. The molecule has 0 amide bonds. The molecule has 3 aromatic rings. The molecule has 1 aliphatic heterocycles. The summed E-state index contributed by atoms with van der Waals surface area (Å²) in [5.41, 5.74) is 0. The van der Waals surface area contributed by atoms with E-state index in [4.69, 9.17) is 4.74 Å². The van der Waals surface area contributed by atoms with Gasteiger partial charge in [-0.15, -0.1) is 0 Å². The van der Waals surface area contributed by atoms with E-state index in [1.165, 1.54) is 0 Å². The summed E-state index contributed by atoms with van der Waals surface area (Å²) in [7, 11) is -2.44. The molecular weight excluding hydrogens is 403 g/mol. The van der Waals surface area contributed by atoms with Crippen molar-refractivity contribution in [1.29, 1.82) is 0 Å². The van der Waals surface area contributed by atoms with Crippen molar-refractivity contribution in [3.63, 3.8) is 0 Å². The Labute approximate surface area is 183 Å². The van der Waals surface area contributed by atoms with Crippen molar-refractivity contribution >= 4 is 29.0 Å². The van der Waals surface area contributed by atoms with E-state index in [0.29, 0.717) is 19.3 Å². The first-order chi connectivity index (χ1) is 15.2. The first kappa shape index (κ1) is 20.2. The lowest BCUT2D eigenvalue weighted by molar-refractivity contribution is -0.128. The largest absolute Gasteiger partial charge is 0.493 e. The summed E-state index contributed by atoms with van der Waals surface area (Å²) in [4.78, 5) is 14.0. The fraction of sp³-hybridized carbons (Fsp3) is 0.222. The Morgan fingerprint density at radius 1 is 0.742 bits per heavy atom. The van der Waals surface area contributed by atoms with E-state index in [1.807, 2.05) is 54.6 Å². The summed E-state index contributed by atoms with van der Waals surface area (Å²) in [6, 6.07) is 31.1. The normalized spacial score (nSPS) is 23.5.